The molecule has 0 radical (unpaired) electrons. The number of sulfonamides is 1. The van der Waals surface area contributed by atoms with Crippen LogP contribution >= 0.6 is 0 Å². The fourth-order valence-electron chi connectivity index (χ4n) is 3.26. The Morgan fingerprint density at radius 1 is 0.938 bits per heavy atom. The topological polar surface area (TPSA) is 92.6 Å². The zero-order chi connectivity index (χ0) is 23.3. The first-order valence-electron chi connectivity index (χ1n) is 10.3. The van der Waals surface area contributed by atoms with Gasteiger partial charge >= 0.3 is 0 Å². The van der Waals surface area contributed by atoms with Crippen molar-refractivity contribution in [3.05, 3.63) is 89.0 Å². The Bertz CT molecular complexity index is 1120. The van der Waals surface area contributed by atoms with Crippen LogP contribution in [-0.2, 0) is 23.1 Å². The Balaban J connectivity index is 1.91. The molecule has 0 aliphatic rings. The molecular formula is C24H29N3O4S. The number of ether oxygens (including phenoxy) is 1. The van der Waals surface area contributed by atoms with Gasteiger partial charge in [0, 0.05) is 19.3 Å². The maximum Gasteiger partial charge on any atom is 0.220 e. The first-order valence-corrected chi connectivity index (χ1v) is 11.8. The minimum Gasteiger partial charge on any atom is -0.497 e. The van der Waals surface area contributed by atoms with Crippen molar-refractivity contribution in [1.82, 2.24) is 14.3 Å². The number of aromatic nitrogens is 2. The largest absolute Gasteiger partial charge is 0.497 e. The van der Waals surface area contributed by atoms with Crippen molar-refractivity contribution in [2.45, 2.75) is 45.2 Å². The number of nitrogens with zero attached hydrogens (tertiary/aromatic N) is 3. The van der Waals surface area contributed by atoms with Crippen LogP contribution in [0.3, 0.4) is 0 Å². The summed E-state index contributed by atoms with van der Waals surface area (Å²) in [6.07, 6.45) is 1.63. The van der Waals surface area contributed by atoms with Gasteiger partial charge in [0.05, 0.1) is 24.7 Å². The fraction of sp³-hybridized carbons (Fsp3) is 0.333. The maximum absolute atomic E-state index is 13.6. The van der Waals surface area contributed by atoms with E-state index in [9.17, 15) is 13.5 Å². The van der Waals surface area contributed by atoms with Gasteiger partial charge in [-0.3, -0.25) is 9.97 Å². The van der Waals surface area contributed by atoms with E-state index < -0.39 is 21.4 Å². The van der Waals surface area contributed by atoms with Crippen LogP contribution in [0.15, 0.2) is 60.9 Å². The molecule has 0 aliphatic heterocycles. The lowest BCUT2D eigenvalue weighted by Crippen LogP contribution is -2.39. The molecule has 0 spiro atoms. The number of aliphatic hydroxyl groups is 1. The van der Waals surface area contributed by atoms with E-state index in [-0.39, 0.29) is 18.8 Å². The van der Waals surface area contributed by atoms with Gasteiger partial charge in [0.15, 0.2) is 0 Å². The smallest absolute Gasteiger partial charge is 0.220 e. The Morgan fingerprint density at radius 2 is 1.50 bits per heavy atom. The highest BCUT2D eigenvalue weighted by atomic mass is 32.2. The third-order valence-corrected chi connectivity index (χ3v) is 7.55. The predicted octanol–water partition coefficient (Wildman–Crippen LogP) is 3.56. The summed E-state index contributed by atoms with van der Waals surface area (Å²) in [5, 5.41) is 9.67. The molecule has 3 rings (SSSR count). The van der Waals surface area contributed by atoms with E-state index in [4.69, 9.17) is 4.74 Å². The Morgan fingerprint density at radius 3 is 2.00 bits per heavy atom. The molecule has 1 heterocycles. The second-order valence-electron chi connectivity index (χ2n) is 7.88. The van der Waals surface area contributed by atoms with Crippen molar-refractivity contribution in [2.24, 2.45) is 0 Å². The van der Waals surface area contributed by atoms with Crippen LogP contribution in [0.1, 0.15) is 41.1 Å². The molecule has 2 atom stereocenters. The SMILES string of the molecule is COc1ccc(CN(Cc2ccc(C)cc2)S(=O)(=O)[C@@H](C)[C@H](O)c2cnc(C)cn2)cc1. The summed E-state index contributed by atoms with van der Waals surface area (Å²) in [5.41, 5.74) is 3.70. The van der Waals surface area contributed by atoms with Gasteiger partial charge in [0.25, 0.3) is 0 Å². The van der Waals surface area contributed by atoms with E-state index in [1.54, 1.807) is 26.2 Å². The van der Waals surface area contributed by atoms with Crippen LogP contribution in [0.5, 0.6) is 5.75 Å². The molecule has 7 nitrogen and oxygen atoms in total. The number of aliphatic hydroxyl groups excluding tert-OH is 1. The molecule has 2 aromatic carbocycles. The number of hydrogen-bond donors (Lipinski definition) is 1. The third-order valence-electron chi connectivity index (χ3n) is 5.38. The summed E-state index contributed by atoms with van der Waals surface area (Å²) in [4.78, 5) is 8.29. The molecule has 0 saturated carbocycles. The average Bonchev–Trinajstić information content (AvgIpc) is 2.80. The molecule has 0 saturated heterocycles. The molecule has 1 aromatic heterocycles. The van der Waals surface area contributed by atoms with Gasteiger partial charge in [-0.2, -0.15) is 4.31 Å². The number of benzene rings is 2. The van der Waals surface area contributed by atoms with Crippen LogP contribution in [0.4, 0.5) is 0 Å². The zero-order valence-electron chi connectivity index (χ0n) is 18.8. The van der Waals surface area contributed by atoms with Crippen molar-refractivity contribution < 1.29 is 18.3 Å². The van der Waals surface area contributed by atoms with Crippen LogP contribution in [-0.4, -0.2) is 40.2 Å². The molecule has 8 heteroatoms. The summed E-state index contributed by atoms with van der Waals surface area (Å²) < 4.78 is 33.8. The summed E-state index contributed by atoms with van der Waals surface area (Å²) in [6, 6.07) is 15.0. The average molecular weight is 456 g/mol. The molecule has 0 fully saturated rings. The van der Waals surface area contributed by atoms with Crippen molar-refractivity contribution in [1.29, 1.82) is 0 Å². The van der Waals surface area contributed by atoms with Gasteiger partial charge in [-0.05, 0) is 44.0 Å². The first-order chi connectivity index (χ1) is 15.2. The monoisotopic (exact) mass is 455 g/mol. The third kappa shape index (κ3) is 5.70. The Hall–Kier alpha value is -2.81. The Kier molecular flexibility index (Phi) is 7.60. The molecule has 32 heavy (non-hydrogen) atoms. The molecule has 1 N–H and O–H groups in total. The van der Waals surface area contributed by atoms with Crippen molar-refractivity contribution in [2.75, 3.05) is 7.11 Å². The highest BCUT2D eigenvalue weighted by Crippen LogP contribution is 2.26. The van der Waals surface area contributed by atoms with E-state index in [0.29, 0.717) is 11.4 Å². The van der Waals surface area contributed by atoms with Gasteiger partial charge in [-0.25, -0.2) is 8.42 Å². The lowest BCUT2D eigenvalue weighted by atomic mass is 10.1. The minimum absolute atomic E-state index is 0.164. The van der Waals surface area contributed by atoms with Gasteiger partial charge in [-0.1, -0.05) is 42.0 Å². The molecule has 170 valence electrons. The lowest BCUT2D eigenvalue weighted by molar-refractivity contribution is 0.167. The second kappa shape index (κ2) is 10.2. The second-order valence-corrected chi connectivity index (χ2v) is 10.2. The normalized spacial score (nSPS) is 13.7. The number of rotatable bonds is 9. The zero-order valence-corrected chi connectivity index (χ0v) is 19.6. The van der Waals surface area contributed by atoms with Crippen LogP contribution < -0.4 is 4.74 Å². The Labute approximate surface area is 189 Å². The highest BCUT2D eigenvalue weighted by molar-refractivity contribution is 7.89. The van der Waals surface area contributed by atoms with Crippen LogP contribution in [0.25, 0.3) is 0 Å². The first kappa shape index (κ1) is 23.8. The van der Waals surface area contributed by atoms with Gasteiger partial charge in [0.1, 0.15) is 17.1 Å². The maximum atomic E-state index is 13.6. The highest BCUT2D eigenvalue weighted by Gasteiger charge is 2.35. The number of methoxy groups -OCH3 is 1. The van der Waals surface area contributed by atoms with Gasteiger partial charge in [0.2, 0.25) is 10.0 Å². The number of aryl methyl sites for hydroxylation is 2. The summed E-state index contributed by atoms with van der Waals surface area (Å²) in [5.74, 6) is 0.698. The van der Waals surface area contributed by atoms with E-state index in [1.165, 1.54) is 23.6 Å². The van der Waals surface area contributed by atoms with Crippen molar-refractivity contribution in [3.63, 3.8) is 0 Å². The van der Waals surface area contributed by atoms with E-state index >= 15 is 0 Å². The van der Waals surface area contributed by atoms with E-state index in [0.717, 1.165) is 16.7 Å². The molecule has 0 unspecified atom stereocenters. The molecular weight excluding hydrogens is 426 g/mol. The quantitative estimate of drug-likeness (QED) is 0.530. The molecule has 0 bridgehead atoms. The van der Waals surface area contributed by atoms with E-state index in [1.807, 2.05) is 43.3 Å². The fourth-order valence-corrected chi connectivity index (χ4v) is 4.85. The minimum atomic E-state index is -3.90. The summed E-state index contributed by atoms with van der Waals surface area (Å²) >= 11 is 0. The van der Waals surface area contributed by atoms with Gasteiger partial charge in [-0.15, -0.1) is 0 Å². The summed E-state index contributed by atoms with van der Waals surface area (Å²) in [6.45, 7) is 5.61. The van der Waals surface area contributed by atoms with Crippen molar-refractivity contribution >= 4 is 10.0 Å². The lowest BCUT2D eigenvalue weighted by Gasteiger charge is -2.28. The van der Waals surface area contributed by atoms with Gasteiger partial charge < -0.3 is 9.84 Å². The molecule has 0 aliphatic carbocycles. The van der Waals surface area contributed by atoms with E-state index in [2.05, 4.69) is 9.97 Å². The standard InChI is InChI=1S/C24H29N3O4S/c1-17-5-7-20(8-6-17)15-27(16-21-9-11-22(31-4)12-10-21)32(29,30)19(3)24(28)23-14-25-18(2)13-26-23/h5-14,19,24,28H,15-16H2,1-4H3/t19-,24-/m0/s1. The van der Waals surface area contributed by atoms with Crippen LogP contribution in [0, 0.1) is 13.8 Å². The molecule has 3 aromatic rings. The number of hydrogen-bond acceptors (Lipinski definition) is 6. The van der Waals surface area contributed by atoms with Crippen molar-refractivity contribution in [3.8, 4) is 5.75 Å². The summed E-state index contributed by atoms with van der Waals surface area (Å²) in [7, 11) is -2.31. The molecule has 0 amide bonds. The van der Waals surface area contributed by atoms with Crippen LogP contribution in [0.2, 0.25) is 0 Å². The predicted molar refractivity (Wildman–Crippen MR) is 124 cm³/mol.